The van der Waals surface area contributed by atoms with Gasteiger partial charge in [0.1, 0.15) is 17.7 Å². The van der Waals surface area contributed by atoms with Gasteiger partial charge in [-0.3, -0.25) is 19.6 Å². The first-order chi connectivity index (χ1) is 13.8. The van der Waals surface area contributed by atoms with Gasteiger partial charge in [-0.25, -0.2) is 9.59 Å². The number of nitrogens with zero attached hydrogens (tertiary/aromatic N) is 3. The van der Waals surface area contributed by atoms with E-state index in [2.05, 4.69) is 10.3 Å². The van der Waals surface area contributed by atoms with Crippen LogP contribution in [0.15, 0.2) is 4.99 Å². The first-order valence-corrected chi connectivity index (χ1v) is 10.2. The summed E-state index contributed by atoms with van der Waals surface area (Å²) in [5, 5.41) is 2.64. The minimum atomic E-state index is -0.509. The molecule has 1 saturated heterocycles. The van der Waals surface area contributed by atoms with E-state index in [1.54, 1.807) is 25.7 Å². The molecule has 10 heteroatoms. The second kappa shape index (κ2) is 11.0. The molecule has 2 aliphatic heterocycles. The number of carbonyl (C=O) groups excluding carboxylic acids is 3. The maximum Gasteiger partial charge on any atom is 0.410 e. The monoisotopic (exact) mass is 428 g/mol. The van der Waals surface area contributed by atoms with E-state index in [-0.39, 0.29) is 18.5 Å². The molecule has 1 fully saturated rings. The number of piperazine rings is 1. The molecule has 0 aromatic carbocycles. The zero-order valence-corrected chi connectivity index (χ0v) is 19.2. The molecule has 0 aromatic heterocycles. The van der Waals surface area contributed by atoms with Crippen molar-refractivity contribution in [2.24, 2.45) is 4.99 Å². The van der Waals surface area contributed by atoms with Gasteiger partial charge in [0, 0.05) is 19.6 Å². The Morgan fingerprint density at radius 1 is 0.967 bits per heavy atom. The smallest absolute Gasteiger partial charge is 0.410 e. The third kappa shape index (κ3) is 10.3. The van der Waals surface area contributed by atoms with Crippen molar-refractivity contribution in [3.05, 3.63) is 0 Å². The van der Waals surface area contributed by atoms with E-state index in [0.717, 1.165) is 0 Å². The summed E-state index contributed by atoms with van der Waals surface area (Å²) in [6.45, 7) is 16.1. The topological polar surface area (TPSA) is 110 Å². The summed E-state index contributed by atoms with van der Waals surface area (Å²) in [6, 6.07) is 0. The summed E-state index contributed by atoms with van der Waals surface area (Å²) in [5.41, 5.74) is -0.970. The Morgan fingerprint density at radius 3 is 1.97 bits per heavy atom. The fourth-order valence-electron chi connectivity index (χ4n) is 2.45. The van der Waals surface area contributed by atoms with E-state index in [4.69, 9.17) is 14.2 Å². The molecule has 2 heterocycles. The molecule has 0 saturated carbocycles. The summed E-state index contributed by atoms with van der Waals surface area (Å²) in [7, 11) is 0. The molecule has 172 valence electrons. The van der Waals surface area contributed by atoms with Gasteiger partial charge in [0.05, 0.1) is 19.7 Å². The fourth-order valence-corrected chi connectivity index (χ4v) is 2.45. The predicted octanol–water partition coefficient (Wildman–Crippen LogP) is 2.03. The first-order valence-electron chi connectivity index (χ1n) is 10.2. The Kier molecular flexibility index (Phi) is 9.38. The van der Waals surface area contributed by atoms with E-state index in [9.17, 15) is 14.4 Å². The quantitative estimate of drug-likeness (QED) is 0.684. The van der Waals surface area contributed by atoms with Gasteiger partial charge in [0.15, 0.2) is 0 Å². The van der Waals surface area contributed by atoms with Crippen molar-refractivity contribution in [1.82, 2.24) is 15.1 Å². The Hall–Kier alpha value is -2.52. The van der Waals surface area contributed by atoms with Gasteiger partial charge in [-0.1, -0.05) is 0 Å². The van der Waals surface area contributed by atoms with Gasteiger partial charge in [-0.2, -0.15) is 0 Å². The van der Waals surface area contributed by atoms with Gasteiger partial charge < -0.3 is 19.5 Å². The zero-order chi connectivity index (χ0) is 22.9. The molecule has 0 aromatic rings. The summed E-state index contributed by atoms with van der Waals surface area (Å²) in [5.74, 6) is 0.474. The molecular weight excluding hydrogens is 392 g/mol. The lowest BCUT2D eigenvalue weighted by Gasteiger charge is -2.29. The number of hydrogen-bond acceptors (Lipinski definition) is 7. The number of ether oxygens (including phenoxy) is 3. The molecule has 2 rings (SSSR count). The highest BCUT2D eigenvalue weighted by Gasteiger charge is 2.26. The summed E-state index contributed by atoms with van der Waals surface area (Å²) in [4.78, 5) is 41.4. The highest BCUT2D eigenvalue weighted by molar-refractivity contribution is 5.84. The second-order valence-corrected chi connectivity index (χ2v) is 8.86. The molecule has 0 radical (unpaired) electrons. The number of aliphatic imine (C=N–C) groups is 1. The molecule has 0 atom stereocenters. The summed E-state index contributed by atoms with van der Waals surface area (Å²) < 4.78 is 15.7. The molecule has 30 heavy (non-hydrogen) atoms. The Morgan fingerprint density at radius 2 is 1.50 bits per heavy atom. The zero-order valence-electron chi connectivity index (χ0n) is 19.2. The van der Waals surface area contributed by atoms with Gasteiger partial charge in [0.2, 0.25) is 11.8 Å². The molecule has 3 amide bonds. The highest BCUT2D eigenvalue weighted by atomic mass is 16.6. The van der Waals surface area contributed by atoms with Crippen LogP contribution in [0.5, 0.6) is 0 Å². The SMILES string of the molecule is CC(C)(C)OC(=O)N1CCNC(=O)C1.CCOC1=NCCN(C(=O)OC(C)(C)C)C1. The summed E-state index contributed by atoms with van der Waals surface area (Å²) >= 11 is 0. The number of carbonyl (C=O) groups is 3. The van der Waals surface area contributed by atoms with Crippen LogP contribution in [-0.4, -0.2) is 90.9 Å². The van der Waals surface area contributed by atoms with Crippen LogP contribution in [0.25, 0.3) is 0 Å². The van der Waals surface area contributed by atoms with Crippen molar-refractivity contribution >= 4 is 24.0 Å². The number of amides is 3. The molecule has 0 bridgehead atoms. The molecule has 0 spiro atoms. The lowest BCUT2D eigenvalue weighted by atomic mass is 10.2. The van der Waals surface area contributed by atoms with Crippen LogP contribution in [0.4, 0.5) is 9.59 Å². The molecular formula is C20H36N4O6. The van der Waals surface area contributed by atoms with E-state index in [0.29, 0.717) is 45.2 Å². The van der Waals surface area contributed by atoms with Crippen LogP contribution in [0, 0.1) is 0 Å². The van der Waals surface area contributed by atoms with Crippen LogP contribution in [-0.2, 0) is 19.0 Å². The third-order valence-corrected chi connectivity index (χ3v) is 3.64. The van der Waals surface area contributed by atoms with E-state index >= 15 is 0 Å². The largest absolute Gasteiger partial charge is 0.480 e. The molecule has 0 unspecified atom stereocenters. The van der Waals surface area contributed by atoms with Gasteiger partial charge in [-0.05, 0) is 48.5 Å². The third-order valence-electron chi connectivity index (χ3n) is 3.64. The number of nitrogens with one attached hydrogen (secondary N) is 1. The summed E-state index contributed by atoms with van der Waals surface area (Å²) in [6.07, 6.45) is -0.730. The molecule has 1 N–H and O–H groups in total. The molecule has 0 aliphatic carbocycles. The van der Waals surface area contributed by atoms with Crippen LogP contribution >= 0.6 is 0 Å². The minimum Gasteiger partial charge on any atom is -0.480 e. The second-order valence-electron chi connectivity index (χ2n) is 8.86. The van der Waals surface area contributed by atoms with Crippen molar-refractivity contribution in [3.63, 3.8) is 0 Å². The first kappa shape index (κ1) is 25.5. The van der Waals surface area contributed by atoms with Gasteiger partial charge >= 0.3 is 12.2 Å². The van der Waals surface area contributed by atoms with Crippen molar-refractivity contribution in [2.75, 3.05) is 45.9 Å². The standard InChI is InChI=1S/C11H20N2O3.C9H16N2O3/c1-5-15-9-8-13(7-6-12-9)10(14)16-11(2,3)4;1-9(2,3)14-8(13)11-5-4-10-7(12)6-11/h5-8H2,1-4H3;4-6H2,1-3H3,(H,10,12). The van der Waals surface area contributed by atoms with Crippen LogP contribution in [0.2, 0.25) is 0 Å². The number of hydrogen-bond donors (Lipinski definition) is 1. The van der Waals surface area contributed by atoms with Crippen LogP contribution in [0.1, 0.15) is 48.5 Å². The maximum absolute atomic E-state index is 11.8. The molecule has 2 aliphatic rings. The average molecular weight is 429 g/mol. The lowest BCUT2D eigenvalue weighted by Crippen LogP contribution is -2.51. The molecule has 10 nitrogen and oxygen atoms in total. The number of rotatable bonds is 1. The van der Waals surface area contributed by atoms with E-state index in [1.165, 1.54) is 4.90 Å². The fraction of sp³-hybridized carbons (Fsp3) is 0.800. The Bertz CT molecular complexity index is 636. The maximum atomic E-state index is 11.8. The van der Waals surface area contributed by atoms with Crippen molar-refractivity contribution in [1.29, 1.82) is 0 Å². The van der Waals surface area contributed by atoms with Crippen molar-refractivity contribution < 1.29 is 28.6 Å². The lowest BCUT2D eigenvalue weighted by molar-refractivity contribution is -0.124. The predicted molar refractivity (Wildman–Crippen MR) is 113 cm³/mol. The average Bonchev–Trinajstić information content (AvgIpc) is 2.60. The van der Waals surface area contributed by atoms with Crippen LogP contribution in [0.3, 0.4) is 0 Å². The highest BCUT2D eigenvalue weighted by Crippen LogP contribution is 2.12. The van der Waals surface area contributed by atoms with Gasteiger partial charge in [-0.15, -0.1) is 0 Å². The van der Waals surface area contributed by atoms with Gasteiger partial charge in [0.25, 0.3) is 0 Å². The normalized spacial score (nSPS) is 17.2. The van der Waals surface area contributed by atoms with Crippen molar-refractivity contribution in [3.8, 4) is 0 Å². The minimum absolute atomic E-state index is 0.0922. The Labute approximate surface area is 178 Å². The Balaban J connectivity index is 0.000000303. The van der Waals surface area contributed by atoms with Crippen molar-refractivity contribution in [2.45, 2.75) is 59.7 Å². The van der Waals surface area contributed by atoms with Crippen LogP contribution < -0.4 is 5.32 Å². The van der Waals surface area contributed by atoms with E-state index in [1.807, 2.05) is 27.7 Å². The van der Waals surface area contributed by atoms with E-state index < -0.39 is 17.3 Å².